The summed E-state index contributed by atoms with van der Waals surface area (Å²) < 4.78 is 1.88. The molecule has 6 nitrogen and oxygen atoms in total. The number of nitrogens with zero attached hydrogens (tertiary/aromatic N) is 3. The highest BCUT2D eigenvalue weighted by atomic mass is 32.1. The molecule has 1 aromatic carbocycles. The van der Waals surface area contributed by atoms with Crippen LogP contribution in [0.2, 0.25) is 0 Å². The molecule has 0 bridgehead atoms. The Morgan fingerprint density at radius 2 is 1.87 bits per heavy atom. The molecule has 1 saturated heterocycles. The quantitative estimate of drug-likeness (QED) is 0.673. The van der Waals surface area contributed by atoms with Gasteiger partial charge in [0.15, 0.2) is 0 Å². The van der Waals surface area contributed by atoms with Gasteiger partial charge < -0.3 is 10.2 Å². The zero-order valence-corrected chi connectivity index (χ0v) is 18.3. The minimum absolute atomic E-state index is 0.0396. The summed E-state index contributed by atoms with van der Waals surface area (Å²) >= 11 is 1.44. The van der Waals surface area contributed by atoms with E-state index in [1.54, 1.807) is 4.90 Å². The molecular formula is C23H26N4O2S. The maximum absolute atomic E-state index is 13.0. The molecule has 4 rings (SSSR count). The van der Waals surface area contributed by atoms with E-state index in [0.29, 0.717) is 13.0 Å². The zero-order chi connectivity index (χ0) is 21.3. The first-order valence-electron chi connectivity index (χ1n) is 10.2. The third-order valence-electron chi connectivity index (χ3n) is 5.51. The van der Waals surface area contributed by atoms with E-state index in [1.165, 1.54) is 11.3 Å². The van der Waals surface area contributed by atoms with E-state index in [9.17, 15) is 9.59 Å². The van der Waals surface area contributed by atoms with Crippen molar-refractivity contribution in [3.63, 3.8) is 0 Å². The number of piperidine rings is 1. The Kier molecular flexibility index (Phi) is 5.72. The molecule has 2 amide bonds. The zero-order valence-electron chi connectivity index (χ0n) is 17.5. The van der Waals surface area contributed by atoms with Crippen molar-refractivity contribution < 1.29 is 9.59 Å². The number of benzene rings is 1. The number of amides is 2. The molecule has 0 unspecified atom stereocenters. The van der Waals surface area contributed by atoms with E-state index in [1.807, 2.05) is 67.2 Å². The SMILES string of the molecule is Cc1cc(C)n(-c2ccc(NC(=O)[C@H]3CCCCN3C(=O)c3sccc3C)cc2)n1. The summed E-state index contributed by atoms with van der Waals surface area (Å²) in [5.41, 5.74) is 4.66. The number of aromatic nitrogens is 2. The Morgan fingerprint density at radius 3 is 2.50 bits per heavy atom. The Morgan fingerprint density at radius 1 is 1.10 bits per heavy atom. The van der Waals surface area contributed by atoms with Gasteiger partial charge in [-0.15, -0.1) is 11.3 Å². The van der Waals surface area contributed by atoms with E-state index in [0.717, 1.165) is 46.0 Å². The fourth-order valence-electron chi connectivity index (χ4n) is 3.97. The van der Waals surface area contributed by atoms with Gasteiger partial charge in [-0.25, -0.2) is 4.68 Å². The average Bonchev–Trinajstić information content (AvgIpc) is 3.32. The highest BCUT2D eigenvalue weighted by molar-refractivity contribution is 7.12. The topological polar surface area (TPSA) is 67.2 Å². The number of carbonyl (C=O) groups excluding carboxylic acids is 2. The molecule has 2 aromatic heterocycles. The number of nitrogens with one attached hydrogen (secondary N) is 1. The third kappa shape index (κ3) is 4.03. The van der Waals surface area contributed by atoms with Gasteiger partial charge >= 0.3 is 0 Å². The number of thiophene rings is 1. The molecule has 0 aliphatic carbocycles. The van der Waals surface area contributed by atoms with Gasteiger partial charge in [0, 0.05) is 17.9 Å². The summed E-state index contributed by atoms with van der Waals surface area (Å²) in [5.74, 6) is -0.168. The van der Waals surface area contributed by atoms with Crippen LogP contribution in [0, 0.1) is 20.8 Å². The highest BCUT2D eigenvalue weighted by Gasteiger charge is 2.33. The molecule has 156 valence electrons. The fourth-order valence-corrected chi connectivity index (χ4v) is 4.85. The molecule has 1 fully saturated rings. The monoisotopic (exact) mass is 422 g/mol. The molecule has 0 spiro atoms. The summed E-state index contributed by atoms with van der Waals surface area (Å²) in [4.78, 5) is 28.5. The van der Waals surface area contributed by atoms with E-state index in [4.69, 9.17) is 0 Å². The first-order chi connectivity index (χ1) is 14.4. The predicted octanol–water partition coefficient (Wildman–Crippen LogP) is 4.49. The Balaban J connectivity index is 1.48. The second-order valence-electron chi connectivity index (χ2n) is 7.82. The highest BCUT2D eigenvalue weighted by Crippen LogP contribution is 2.25. The van der Waals surface area contributed by atoms with Gasteiger partial charge in [-0.1, -0.05) is 0 Å². The second-order valence-corrected chi connectivity index (χ2v) is 8.73. The lowest BCUT2D eigenvalue weighted by atomic mass is 10.0. The van der Waals surface area contributed by atoms with Crippen LogP contribution >= 0.6 is 11.3 Å². The maximum Gasteiger partial charge on any atom is 0.264 e. The standard InChI is InChI=1S/C23H26N4O2S/c1-15-11-13-30-21(15)23(29)26-12-5-4-6-20(26)22(28)24-18-7-9-19(10-8-18)27-17(3)14-16(2)25-27/h7-11,13-14,20H,4-6,12H2,1-3H3,(H,24,28)/t20-/m1/s1. The second kappa shape index (κ2) is 8.44. The van der Waals surface area contributed by atoms with E-state index in [-0.39, 0.29) is 11.8 Å². The first-order valence-corrected chi connectivity index (χ1v) is 11.1. The smallest absolute Gasteiger partial charge is 0.264 e. The van der Waals surface area contributed by atoms with Crippen molar-refractivity contribution in [2.45, 2.75) is 46.1 Å². The normalized spacial score (nSPS) is 16.5. The van der Waals surface area contributed by atoms with Gasteiger partial charge in [0.05, 0.1) is 16.3 Å². The molecule has 1 atom stereocenters. The molecule has 1 aliphatic heterocycles. The molecule has 1 N–H and O–H groups in total. The van der Waals surface area contributed by atoms with Crippen LogP contribution in [-0.2, 0) is 4.79 Å². The van der Waals surface area contributed by atoms with Gasteiger partial charge in [0.25, 0.3) is 5.91 Å². The summed E-state index contributed by atoms with van der Waals surface area (Å²) in [6, 6.07) is 11.2. The number of anilines is 1. The van der Waals surface area contributed by atoms with E-state index >= 15 is 0 Å². The number of hydrogen-bond donors (Lipinski definition) is 1. The minimum atomic E-state index is -0.441. The number of carbonyl (C=O) groups is 2. The average molecular weight is 423 g/mol. The van der Waals surface area contributed by atoms with Crippen molar-refractivity contribution in [1.82, 2.24) is 14.7 Å². The molecule has 30 heavy (non-hydrogen) atoms. The molecule has 0 radical (unpaired) electrons. The van der Waals surface area contributed by atoms with Crippen molar-refractivity contribution in [3.8, 4) is 5.69 Å². The van der Waals surface area contributed by atoms with Crippen molar-refractivity contribution in [1.29, 1.82) is 0 Å². The third-order valence-corrected chi connectivity index (χ3v) is 6.52. The van der Waals surface area contributed by atoms with Crippen LogP contribution in [-0.4, -0.2) is 39.1 Å². The predicted molar refractivity (Wildman–Crippen MR) is 119 cm³/mol. The Bertz CT molecular complexity index is 1070. The number of hydrogen-bond acceptors (Lipinski definition) is 4. The van der Waals surface area contributed by atoms with Crippen LogP contribution in [0.3, 0.4) is 0 Å². The van der Waals surface area contributed by atoms with Crippen molar-refractivity contribution >= 4 is 28.8 Å². The van der Waals surface area contributed by atoms with Crippen LogP contribution in [0.1, 0.15) is 45.9 Å². The first kappa shape index (κ1) is 20.3. The van der Waals surface area contributed by atoms with Gasteiger partial charge in [-0.05, 0) is 87.4 Å². The molecule has 3 aromatic rings. The summed E-state index contributed by atoms with van der Waals surface area (Å²) in [6.07, 6.45) is 2.56. The van der Waals surface area contributed by atoms with Gasteiger partial charge in [0.2, 0.25) is 5.91 Å². The maximum atomic E-state index is 13.0. The van der Waals surface area contributed by atoms with Crippen LogP contribution in [0.15, 0.2) is 41.8 Å². The van der Waals surface area contributed by atoms with Gasteiger partial charge in [-0.3, -0.25) is 9.59 Å². The molecule has 7 heteroatoms. The summed E-state index contributed by atoms with van der Waals surface area (Å²) in [6.45, 7) is 6.53. The van der Waals surface area contributed by atoms with Crippen molar-refractivity contribution in [3.05, 3.63) is 63.6 Å². The van der Waals surface area contributed by atoms with Crippen molar-refractivity contribution in [2.75, 3.05) is 11.9 Å². The number of rotatable bonds is 4. The Labute approximate surface area is 180 Å². The van der Waals surface area contributed by atoms with Crippen LogP contribution in [0.5, 0.6) is 0 Å². The van der Waals surface area contributed by atoms with E-state index < -0.39 is 6.04 Å². The Hall–Kier alpha value is -2.93. The van der Waals surface area contributed by atoms with Crippen molar-refractivity contribution in [2.24, 2.45) is 0 Å². The lowest BCUT2D eigenvalue weighted by Crippen LogP contribution is -2.50. The van der Waals surface area contributed by atoms with Gasteiger partial charge in [-0.2, -0.15) is 5.10 Å². The van der Waals surface area contributed by atoms with Gasteiger partial charge in [0.1, 0.15) is 6.04 Å². The van der Waals surface area contributed by atoms with E-state index in [2.05, 4.69) is 10.4 Å². The number of aryl methyl sites for hydroxylation is 3. The molecule has 1 aliphatic rings. The van der Waals surface area contributed by atoms with Crippen LogP contribution < -0.4 is 5.32 Å². The summed E-state index contributed by atoms with van der Waals surface area (Å²) in [7, 11) is 0. The van der Waals surface area contributed by atoms with Crippen LogP contribution in [0.4, 0.5) is 5.69 Å². The minimum Gasteiger partial charge on any atom is -0.326 e. The largest absolute Gasteiger partial charge is 0.326 e. The fraction of sp³-hybridized carbons (Fsp3) is 0.348. The van der Waals surface area contributed by atoms with Crippen LogP contribution in [0.25, 0.3) is 5.69 Å². The lowest BCUT2D eigenvalue weighted by Gasteiger charge is -2.34. The molecule has 3 heterocycles. The molecular weight excluding hydrogens is 396 g/mol. The summed E-state index contributed by atoms with van der Waals surface area (Å²) in [5, 5.41) is 9.41. The number of likely N-dealkylation sites (tertiary alicyclic amines) is 1. The lowest BCUT2D eigenvalue weighted by molar-refractivity contribution is -0.121. The molecule has 0 saturated carbocycles.